The number of amides is 1. The zero-order valence-electron chi connectivity index (χ0n) is 12.5. The van der Waals surface area contributed by atoms with Gasteiger partial charge in [-0.25, -0.2) is 4.98 Å². The zero-order chi connectivity index (χ0) is 17.3. The fourth-order valence-electron chi connectivity index (χ4n) is 2.18. The van der Waals surface area contributed by atoms with E-state index in [0.717, 1.165) is 23.5 Å². The molecule has 0 fully saturated rings. The summed E-state index contributed by atoms with van der Waals surface area (Å²) in [5.41, 5.74) is 0.460. The van der Waals surface area contributed by atoms with Crippen LogP contribution in [0.2, 0.25) is 0 Å². The van der Waals surface area contributed by atoms with Crippen LogP contribution in [0.1, 0.15) is 16.1 Å². The van der Waals surface area contributed by atoms with E-state index in [9.17, 15) is 18.0 Å². The smallest absolute Gasteiger partial charge is 0.347 e. The van der Waals surface area contributed by atoms with Crippen LogP contribution in [0.15, 0.2) is 48.0 Å². The van der Waals surface area contributed by atoms with Crippen molar-refractivity contribution in [3.05, 3.63) is 59.2 Å². The molecule has 0 saturated carbocycles. The summed E-state index contributed by atoms with van der Waals surface area (Å²) in [5.74, 6) is -0.326. The molecule has 1 N–H and O–H groups in total. The highest BCUT2D eigenvalue weighted by molar-refractivity contribution is 7.14. The fourth-order valence-corrected chi connectivity index (χ4v) is 2.89. The number of anilines is 1. The highest BCUT2D eigenvalue weighted by Gasteiger charge is 2.30. The van der Waals surface area contributed by atoms with E-state index in [4.69, 9.17) is 0 Å². The van der Waals surface area contributed by atoms with Gasteiger partial charge >= 0.3 is 6.18 Å². The lowest BCUT2D eigenvalue weighted by Crippen LogP contribution is -2.15. The van der Waals surface area contributed by atoms with Gasteiger partial charge in [0.15, 0.2) is 5.13 Å². The van der Waals surface area contributed by atoms with Crippen molar-refractivity contribution in [3.8, 4) is 11.3 Å². The molecule has 0 spiro atoms. The number of thiazole rings is 1. The Morgan fingerprint density at radius 1 is 1.25 bits per heavy atom. The fraction of sp³-hybridized carbons (Fsp3) is 0.125. The number of aryl methyl sites for hydroxylation is 1. The van der Waals surface area contributed by atoms with Gasteiger partial charge in [0.05, 0.1) is 11.3 Å². The van der Waals surface area contributed by atoms with Crippen LogP contribution in [0.25, 0.3) is 11.3 Å². The third kappa shape index (κ3) is 3.33. The second-order valence-electron chi connectivity index (χ2n) is 5.07. The Labute approximate surface area is 139 Å². The third-order valence-electron chi connectivity index (χ3n) is 3.39. The Morgan fingerprint density at radius 3 is 2.71 bits per heavy atom. The molecule has 0 radical (unpaired) electrons. The number of benzene rings is 1. The van der Waals surface area contributed by atoms with E-state index in [1.165, 1.54) is 6.07 Å². The van der Waals surface area contributed by atoms with Gasteiger partial charge in [-0.2, -0.15) is 13.2 Å². The molecule has 1 amide bonds. The summed E-state index contributed by atoms with van der Waals surface area (Å²) in [6, 6.07) is 8.33. The van der Waals surface area contributed by atoms with Crippen molar-refractivity contribution in [3.63, 3.8) is 0 Å². The second kappa shape index (κ2) is 6.12. The van der Waals surface area contributed by atoms with Crippen molar-refractivity contribution in [1.29, 1.82) is 0 Å². The topological polar surface area (TPSA) is 46.9 Å². The van der Waals surface area contributed by atoms with E-state index >= 15 is 0 Å². The number of nitrogens with zero attached hydrogens (tertiary/aromatic N) is 2. The van der Waals surface area contributed by atoms with Crippen molar-refractivity contribution in [2.24, 2.45) is 7.05 Å². The maximum atomic E-state index is 12.8. The predicted molar refractivity (Wildman–Crippen MR) is 85.9 cm³/mol. The van der Waals surface area contributed by atoms with Crippen LogP contribution in [0.5, 0.6) is 0 Å². The van der Waals surface area contributed by atoms with Crippen molar-refractivity contribution < 1.29 is 18.0 Å². The lowest BCUT2D eigenvalue weighted by Gasteiger charge is -2.07. The Kier molecular flexibility index (Phi) is 4.15. The van der Waals surface area contributed by atoms with Crippen LogP contribution in [0.4, 0.5) is 18.3 Å². The minimum Gasteiger partial charge on any atom is -0.347 e. The number of rotatable bonds is 3. The molecule has 3 rings (SSSR count). The van der Waals surface area contributed by atoms with Crippen LogP contribution in [-0.2, 0) is 13.2 Å². The molecule has 0 bridgehead atoms. The second-order valence-corrected chi connectivity index (χ2v) is 5.93. The molecule has 2 heterocycles. The number of hydrogen-bond donors (Lipinski definition) is 1. The summed E-state index contributed by atoms with van der Waals surface area (Å²) < 4.78 is 40.0. The van der Waals surface area contributed by atoms with E-state index in [0.29, 0.717) is 22.1 Å². The van der Waals surface area contributed by atoms with Crippen LogP contribution in [-0.4, -0.2) is 15.5 Å². The first-order chi connectivity index (χ1) is 11.3. The maximum absolute atomic E-state index is 12.8. The van der Waals surface area contributed by atoms with Crippen LogP contribution in [0, 0.1) is 0 Å². The van der Waals surface area contributed by atoms with Crippen molar-refractivity contribution >= 4 is 22.4 Å². The molecule has 0 aliphatic carbocycles. The quantitative estimate of drug-likeness (QED) is 0.759. The van der Waals surface area contributed by atoms with Gasteiger partial charge in [-0.05, 0) is 24.3 Å². The van der Waals surface area contributed by atoms with Gasteiger partial charge in [-0.3, -0.25) is 10.1 Å². The van der Waals surface area contributed by atoms with Crippen LogP contribution >= 0.6 is 11.3 Å². The largest absolute Gasteiger partial charge is 0.416 e. The standard InChI is InChI=1S/C16H12F3N3OS/c1-22-7-3-6-13(22)14(23)21-15-20-12(9-24-15)10-4-2-5-11(8-10)16(17,18)19/h2-9H,1H3,(H,20,21,23). The van der Waals surface area contributed by atoms with Gasteiger partial charge < -0.3 is 4.57 Å². The van der Waals surface area contributed by atoms with Gasteiger partial charge in [0.2, 0.25) is 0 Å². The SMILES string of the molecule is Cn1cccc1C(=O)Nc1nc(-c2cccc(C(F)(F)F)c2)cs1. The Hall–Kier alpha value is -2.61. The average Bonchev–Trinajstić information content (AvgIpc) is 3.15. The molecular weight excluding hydrogens is 339 g/mol. The predicted octanol–water partition coefficient (Wildman–Crippen LogP) is 4.42. The van der Waals surface area contributed by atoms with Crippen molar-refractivity contribution in [2.75, 3.05) is 5.32 Å². The Bertz CT molecular complexity index is 883. The molecule has 1 aromatic carbocycles. The van der Waals surface area contributed by atoms with E-state index in [1.54, 1.807) is 41.4 Å². The number of hydrogen-bond acceptors (Lipinski definition) is 3. The number of nitrogens with one attached hydrogen (secondary N) is 1. The molecule has 24 heavy (non-hydrogen) atoms. The molecule has 0 saturated heterocycles. The number of carbonyl (C=O) groups excluding carboxylic acids is 1. The van der Waals surface area contributed by atoms with Gasteiger partial charge in [-0.1, -0.05) is 12.1 Å². The van der Waals surface area contributed by atoms with E-state index in [1.807, 2.05) is 0 Å². The summed E-state index contributed by atoms with van der Waals surface area (Å²) in [6.07, 6.45) is -2.67. The molecule has 4 nitrogen and oxygen atoms in total. The minimum absolute atomic E-state index is 0.326. The van der Waals surface area contributed by atoms with E-state index in [2.05, 4.69) is 10.3 Å². The summed E-state index contributed by atoms with van der Waals surface area (Å²) in [7, 11) is 1.74. The Morgan fingerprint density at radius 2 is 2.04 bits per heavy atom. The maximum Gasteiger partial charge on any atom is 0.416 e. The van der Waals surface area contributed by atoms with Gasteiger partial charge in [0, 0.05) is 24.2 Å². The monoisotopic (exact) mass is 351 g/mol. The molecular formula is C16H12F3N3OS. The summed E-state index contributed by atoms with van der Waals surface area (Å²) in [6.45, 7) is 0. The van der Waals surface area contributed by atoms with Crippen LogP contribution in [0.3, 0.4) is 0 Å². The average molecular weight is 351 g/mol. The zero-order valence-corrected chi connectivity index (χ0v) is 13.3. The van der Waals surface area contributed by atoms with Gasteiger partial charge in [-0.15, -0.1) is 11.3 Å². The van der Waals surface area contributed by atoms with Crippen molar-refractivity contribution in [2.45, 2.75) is 6.18 Å². The lowest BCUT2D eigenvalue weighted by atomic mass is 10.1. The number of carbonyl (C=O) groups is 1. The lowest BCUT2D eigenvalue weighted by molar-refractivity contribution is -0.137. The number of halogens is 3. The molecule has 0 unspecified atom stereocenters. The first kappa shape index (κ1) is 16.3. The molecule has 2 aromatic heterocycles. The van der Waals surface area contributed by atoms with E-state index in [-0.39, 0.29) is 5.91 Å². The molecule has 8 heteroatoms. The highest BCUT2D eigenvalue weighted by atomic mass is 32.1. The summed E-state index contributed by atoms with van der Waals surface area (Å²) in [4.78, 5) is 16.3. The molecule has 124 valence electrons. The molecule has 0 aliphatic rings. The molecule has 0 aliphatic heterocycles. The van der Waals surface area contributed by atoms with Crippen molar-refractivity contribution in [1.82, 2.24) is 9.55 Å². The number of aromatic nitrogens is 2. The van der Waals surface area contributed by atoms with Gasteiger partial charge in [0.25, 0.3) is 5.91 Å². The first-order valence-electron chi connectivity index (χ1n) is 6.90. The Balaban J connectivity index is 1.81. The first-order valence-corrected chi connectivity index (χ1v) is 7.78. The minimum atomic E-state index is -4.41. The van der Waals surface area contributed by atoms with E-state index < -0.39 is 11.7 Å². The third-order valence-corrected chi connectivity index (χ3v) is 4.14. The highest BCUT2D eigenvalue weighted by Crippen LogP contribution is 2.33. The van der Waals surface area contributed by atoms with Gasteiger partial charge in [0.1, 0.15) is 5.69 Å². The normalized spacial score (nSPS) is 11.5. The molecule has 3 aromatic rings. The summed E-state index contributed by atoms with van der Waals surface area (Å²) >= 11 is 1.16. The summed E-state index contributed by atoms with van der Waals surface area (Å²) in [5, 5.41) is 4.58. The number of alkyl halides is 3. The van der Waals surface area contributed by atoms with Crippen LogP contribution < -0.4 is 5.32 Å². The molecule has 0 atom stereocenters.